The van der Waals surface area contributed by atoms with Crippen LogP contribution in [-0.2, 0) is 10.8 Å². The first-order valence-corrected chi connectivity index (χ1v) is 5.81. The molecule has 0 N–H and O–H groups in total. The summed E-state index contributed by atoms with van der Waals surface area (Å²) in [5, 5.41) is 9.14. The van der Waals surface area contributed by atoms with Gasteiger partial charge in [-0.05, 0) is 18.6 Å². The number of nitrogens with zero attached hydrogens (tertiary/aromatic N) is 2. The number of unbranched alkanes of at least 4 members (excludes halogenated alkanes) is 1. The molecule has 0 amide bonds. The van der Waals surface area contributed by atoms with Crippen molar-refractivity contribution < 1.29 is 4.21 Å². The molecule has 0 aliphatic rings. The highest BCUT2D eigenvalue weighted by Crippen LogP contribution is 2.16. The van der Waals surface area contributed by atoms with Crippen molar-refractivity contribution in [2.75, 3.05) is 5.75 Å². The monoisotopic (exact) mass is 228 g/mol. The number of halogens is 1. The summed E-state index contributed by atoms with van der Waals surface area (Å²) in [5.41, 5.74) is 0. The normalized spacial score (nSPS) is 12.0. The molecule has 5 heteroatoms. The van der Waals surface area contributed by atoms with Crippen LogP contribution in [0.4, 0.5) is 0 Å². The van der Waals surface area contributed by atoms with Gasteiger partial charge in [0.15, 0.2) is 0 Å². The molecule has 0 saturated heterocycles. The van der Waals surface area contributed by atoms with Gasteiger partial charge in [0, 0.05) is 18.4 Å². The van der Waals surface area contributed by atoms with E-state index < -0.39 is 10.8 Å². The summed E-state index contributed by atoms with van der Waals surface area (Å²) in [6.45, 7) is 0. The number of pyridine rings is 1. The zero-order valence-electron chi connectivity index (χ0n) is 7.44. The Kier molecular flexibility index (Phi) is 4.57. The van der Waals surface area contributed by atoms with Crippen LogP contribution in [0.15, 0.2) is 23.4 Å². The summed E-state index contributed by atoms with van der Waals surface area (Å²) < 4.78 is 11.6. The Balaban J connectivity index is 2.62. The third kappa shape index (κ3) is 3.09. The Morgan fingerprint density at radius 2 is 2.43 bits per heavy atom. The highest BCUT2D eigenvalue weighted by Gasteiger charge is 2.08. The molecule has 1 aromatic heterocycles. The van der Waals surface area contributed by atoms with Gasteiger partial charge >= 0.3 is 0 Å². The van der Waals surface area contributed by atoms with E-state index in [4.69, 9.17) is 16.9 Å². The molecule has 1 heterocycles. The third-order valence-electron chi connectivity index (χ3n) is 1.56. The molecule has 0 saturated carbocycles. The lowest BCUT2D eigenvalue weighted by molar-refractivity contribution is 0.678. The van der Waals surface area contributed by atoms with Crippen LogP contribution in [0.3, 0.4) is 0 Å². The average molecular weight is 229 g/mol. The van der Waals surface area contributed by atoms with Crippen LogP contribution < -0.4 is 0 Å². The van der Waals surface area contributed by atoms with Crippen LogP contribution in [-0.4, -0.2) is 14.9 Å². The summed E-state index contributed by atoms with van der Waals surface area (Å²) in [4.78, 5) is 3.94. The maximum Gasteiger partial charge on any atom is 0.145 e. The van der Waals surface area contributed by atoms with Crippen molar-refractivity contribution in [3.05, 3.63) is 23.4 Å². The first-order valence-electron chi connectivity index (χ1n) is 4.11. The predicted octanol–water partition coefficient (Wildman–Crippen LogP) is 2.15. The first-order chi connectivity index (χ1) is 6.75. The van der Waals surface area contributed by atoms with Gasteiger partial charge in [-0.2, -0.15) is 5.26 Å². The second-order valence-electron chi connectivity index (χ2n) is 2.60. The van der Waals surface area contributed by atoms with Gasteiger partial charge in [-0.15, -0.1) is 0 Å². The highest BCUT2D eigenvalue weighted by molar-refractivity contribution is 7.85. The fourth-order valence-electron chi connectivity index (χ4n) is 0.918. The fourth-order valence-corrected chi connectivity index (χ4v) is 2.36. The zero-order chi connectivity index (χ0) is 10.4. The molecule has 0 spiro atoms. The number of hydrogen-bond acceptors (Lipinski definition) is 3. The van der Waals surface area contributed by atoms with Crippen molar-refractivity contribution in [2.45, 2.75) is 17.9 Å². The van der Waals surface area contributed by atoms with Gasteiger partial charge in [-0.3, -0.25) is 4.21 Å². The van der Waals surface area contributed by atoms with Crippen molar-refractivity contribution in [1.82, 2.24) is 4.98 Å². The van der Waals surface area contributed by atoms with Gasteiger partial charge in [0.2, 0.25) is 0 Å². The Labute approximate surface area is 90.2 Å². The van der Waals surface area contributed by atoms with E-state index in [0.717, 1.165) is 0 Å². The lowest BCUT2D eigenvalue weighted by Gasteiger charge is -2.00. The van der Waals surface area contributed by atoms with Crippen LogP contribution >= 0.6 is 11.6 Å². The van der Waals surface area contributed by atoms with Gasteiger partial charge in [0.25, 0.3) is 0 Å². The number of aromatic nitrogens is 1. The Morgan fingerprint density at radius 3 is 3.07 bits per heavy atom. The Bertz CT molecular complexity index is 375. The minimum atomic E-state index is -1.19. The Hall–Kier alpha value is -0.920. The zero-order valence-corrected chi connectivity index (χ0v) is 9.01. The van der Waals surface area contributed by atoms with Gasteiger partial charge in [0.05, 0.1) is 21.9 Å². The second kappa shape index (κ2) is 5.74. The van der Waals surface area contributed by atoms with E-state index in [2.05, 4.69) is 4.98 Å². The maximum atomic E-state index is 11.6. The van der Waals surface area contributed by atoms with Crippen LogP contribution in [0.1, 0.15) is 12.8 Å². The van der Waals surface area contributed by atoms with Crippen molar-refractivity contribution in [3.8, 4) is 6.07 Å². The van der Waals surface area contributed by atoms with Crippen LogP contribution in [0, 0.1) is 11.3 Å². The molecular weight excluding hydrogens is 220 g/mol. The standard InChI is InChI=1S/C9H9ClN2OS/c10-8-4-3-6-12-9(8)14(13)7-2-1-5-11/h3-4,6H,1-2,7H2/t14-/m0/s1. The summed E-state index contributed by atoms with van der Waals surface area (Å²) in [6.07, 6.45) is 2.58. The molecule has 0 aromatic carbocycles. The third-order valence-corrected chi connectivity index (χ3v) is 3.39. The largest absolute Gasteiger partial charge is 0.253 e. The van der Waals surface area contributed by atoms with Crippen molar-refractivity contribution in [3.63, 3.8) is 0 Å². The lowest BCUT2D eigenvalue weighted by atomic mass is 10.4. The van der Waals surface area contributed by atoms with E-state index in [1.807, 2.05) is 6.07 Å². The average Bonchev–Trinajstić information content (AvgIpc) is 2.18. The molecule has 1 atom stereocenters. The van der Waals surface area contributed by atoms with Crippen molar-refractivity contribution in [2.24, 2.45) is 0 Å². The molecule has 0 aliphatic carbocycles. The van der Waals surface area contributed by atoms with E-state index in [0.29, 0.717) is 28.6 Å². The Morgan fingerprint density at radius 1 is 1.64 bits per heavy atom. The van der Waals surface area contributed by atoms with Crippen LogP contribution in [0.2, 0.25) is 5.02 Å². The molecule has 14 heavy (non-hydrogen) atoms. The molecule has 0 unspecified atom stereocenters. The van der Waals surface area contributed by atoms with E-state index in [1.54, 1.807) is 18.3 Å². The highest BCUT2D eigenvalue weighted by atomic mass is 35.5. The maximum absolute atomic E-state index is 11.6. The van der Waals surface area contributed by atoms with Crippen molar-refractivity contribution in [1.29, 1.82) is 5.26 Å². The topological polar surface area (TPSA) is 53.8 Å². The summed E-state index contributed by atoms with van der Waals surface area (Å²) in [6, 6.07) is 5.35. The minimum Gasteiger partial charge on any atom is -0.253 e. The summed E-state index contributed by atoms with van der Waals surface area (Å²) in [5.74, 6) is 0.435. The lowest BCUT2D eigenvalue weighted by Crippen LogP contribution is -2.00. The van der Waals surface area contributed by atoms with E-state index in [9.17, 15) is 4.21 Å². The molecular formula is C9H9ClN2OS. The fraction of sp³-hybridized carbons (Fsp3) is 0.333. The molecule has 0 fully saturated rings. The van der Waals surface area contributed by atoms with Crippen LogP contribution in [0.5, 0.6) is 0 Å². The predicted molar refractivity (Wildman–Crippen MR) is 55.4 cm³/mol. The van der Waals surface area contributed by atoms with Crippen LogP contribution in [0.25, 0.3) is 0 Å². The molecule has 1 rings (SSSR count). The van der Waals surface area contributed by atoms with E-state index in [-0.39, 0.29) is 0 Å². The molecule has 3 nitrogen and oxygen atoms in total. The number of hydrogen-bond donors (Lipinski definition) is 0. The first kappa shape index (κ1) is 11.2. The molecule has 74 valence electrons. The summed E-state index contributed by atoms with van der Waals surface area (Å²) >= 11 is 5.81. The molecule has 1 aromatic rings. The summed E-state index contributed by atoms with van der Waals surface area (Å²) in [7, 11) is -1.19. The van der Waals surface area contributed by atoms with Gasteiger partial charge in [-0.25, -0.2) is 4.98 Å². The minimum absolute atomic E-state index is 0.409. The van der Waals surface area contributed by atoms with Gasteiger partial charge in [0.1, 0.15) is 5.03 Å². The smallest absolute Gasteiger partial charge is 0.145 e. The van der Waals surface area contributed by atoms with E-state index >= 15 is 0 Å². The number of rotatable bonds is 4. The van der Waals surface area contributed by atoms with Gasteiger partial charge in [-0.1, -0.05) is 11.6 Å². The number of nitriles is 1. The van der Waals surface area contributed by atoms with E-state index in [1.165, 1.54) is 0 Å². The molecule has 0 radical (unpaired) electrons. The molecule has 0 aliphatic heterocycles. The van der Waals surface area contributed by atoms with Crippen molar-refractivity contribution >= 4 is 22.4 Å². The molecule has 0 bridgehead atoms. The quantitative estimate of drug-likeness (QED) is 0.742. The second-order valence-corrected chi connectivity index (χ2v) is 4.49. The van der Waals surface area contributed by atoms with Gasteiger partial charge < -0.3 is 0 Å². The SMILES string of the molecule is N#CCCC[S@](=O)c1ncccc1Cl.